The lowest BCUT2D eigenvalue weighted by Crippen LogP contribution is -2.40. The third-order valence-corrected chi connectivity index (χ3v) is 5.98. The minimum atomic E-state index is -0.396. The number of hydrogen-bond acceptors (Lipinski definition) is 4. The zero-order chi connectivity index (χ0) is 21.9. The van der Waals surface area contributed by atoms with E-state index in [1.165, 1.54) is 20.3 Å². The van der Waals surface area contributed by atoms with Gasteiger partial charge in [-0.1, -0.05) is 29.8 Å². The third kappa shape index (κ3) is 3.16. The van der Waals surface area contributed by atoms with E-state index in [1.807, 2.05) is 16.7 Å². The van der Waals surface area contributed by atoms with Crippen molar-refractivity contribution in [3.8, 4) is 0 Å². The number of aromatic nitrogens is 4. The molecule has 0 aliphatic carbocycles. The van der Waals surface area contributed by atoms with Crippen LogP contribution in [0.2, 0.25) is 5.02 Å². The molecular formula is C23H22ClN5O2. The normalized spacial score (nSPS) is 13.2. The van der Waals surface area contributed by atoms with Gasteiger partial charge >= 0.3 is 5.69 Å². The Kier molecular flexibility index (Phi) is 4.51. The highest BCUT2D eigenvalue weighted by Crippen LogP contribution is 2.32. The minimum absolute atomic E-state index is 0.156. The summed E-state index contributed by atoms with van der Waals surface area (Å²) in [6.07, 6.45) is 0. The molecule has 31 heavy (non-hydrogen) atoms. The predicted molar refractivity (Wildman–Crippen MR) is 123 cm³/mol. The first-order valence-electron chi connectivity index (χ1n) is 10.1. The van der Waals surface area contributed by atoms with E-state index in [1.54, 1.807) is 19.2 Å². The lowest BCUT2D eigenvalue weighted by Gasteiger charge is -2.17. The molecule has 0 amide bonds. The first-order chi connectivity index (χ1) is 14.8. The minimum Gasteiger partial charge on any atom is -0.310 e. The number of halogens is 1. The maximum absolute atomic E-state index is 13.4. The first-order valence-corrected chi connectivity index (χ1v) is 10.5. The van der Waals surface area contributed by atoms with E-state index in [2.05, 4.69) is 36.9 Å². The van der Waals surface area contributed by atoms with Crippen molar-refractivity contribution < 1.29 is 0 Å². The summed E-state index contributed by atoms with van der Waals surface area (Å²) >= 11 is 6.08. The Morgan fingerprint density at radius 1 is 1.03 bits per heavy atom. The summed E-state index contributed by atoms with van der Waals surface area (Å²) in [6, 6.07) is 13.5. The fourth-order valence-corrected chi connectivity index (χ4v) is 4.60. The second-order valence-electron chi connectivity index (χ2n) is 8.10. The number of rotatable bonds is 3. The van der Waals surface area contributed by atoms with Gasteiger partial charge in [-0.2, -0.15) is 4.98 Å². The SMILES string of the molecule is Cc1cc(C)cc(N2CCn3c2nc2c3c(=O)n(Cc3cccc(Cl)c3)c(=O)n2C)c1. The van der Waals surface area contributed by atoms with Crippen molar-refractivity contribution in [1.82, 2.24) is 18.7 Å². The molecule has 0 radical (unpaired) electrons. The van der Waals surface area contributed by atoms with Gasteiger partial charge in [-0.15, -0.1) is 0 Å². The fourth-order valence-electron chi connectivity index (χ4n) is 4.39. The average Bonchev–Trinajstić information content (AvgIpc) is 3.28. The van der Waals surface area contributed by atoms with Crippen molar-refractivity contribution >= 4 is 34.4 Å². The summed E-state index contributed by atoms with van der Waals surface area (Å²) in [5.41, 5.74) is 4.29. The smallest absolute Gasteiger partial charge is 0.310 e. The molecule has 1 aliphatic heterocycles. The molecule has 0 spiro atoms. The molecule has 0 fully saturated rings. The molecular weight excluding hydrogens is 414 g/mol. The maximum atomic E-state index is 13.4. The molecule has 7 nitrogen and oxygen atoms in total. The highest BCUT2D eigenvalue weighted by molar-refractivity contribution is 6.30. The molecule has 2 aromatic carbocycles. The molecule has 0 atom stereocenters. The summed E-state index contributed by atoms with van der Waals surface area (Å²) in [7, 11) is 1.66. The van der Waals surface area contributed by atoms with Gasteiger partial charge in [0.2, 0.25) is 5.95 Å². The number of hydrogen-bond donors (Lipinski definition) is 0. The average molecular weight is 436 g/mol. The number of imidazole rings is 1. The number of anilines is 2. The Balaban J connectivity index is 1.68. The molecule has 5 rings (SSSR count). The van der Waals surface area contributed by atoms with Crippen LogP contribution in [0.1, 0.15) is 16.7 Å². The van der Waals surface area contributed by atoms with Crippen LogP contribution in [0.4, 0.5) is 11.6 Å². The summed E-state index contributed by atoms with van der Waals surface area (Å²) in [4.78, 5) is 33.2. The van der Waals surface area contributed by atoms with Gasteiger partial charge in [-0.3, -0.25) is 13.9 Å². The predicted octanol–water partition coefficient (Wildman–Crippen LogP) is 3.37. The molecule has 8 heteroatoms. The van der Waals surface area contributed by atoms with Crippen molar-refractivity contribution in [2.24, 2.45) is 7.05 Å². The monoisotopic (exact) mass is 435 g/mol. The molecule has 0 N–H and O–H groups in total. The Labute approximate surface area is 183 Å². The largest absolute Gasteiger partial charge is 0.332 e. The van der Waals surface area contributed by atoms with Gasteiger partial charge in [-0.25, -0.2) is 4.79 Å². The Morgan fingerprint density at radius 2 is 1.77 bits per heavy atom. The van der Waals surface area contributed by atoms with Crippen LogP contribution in [0, 0.1) is 13.8 Å². The number of aryl methyl sites for hydroxylation is 3. The first kappa shape index (κ1) is 19.6. The van der Waals surface area contributed by atoms with E-state index < -0.39 is 5.69 Å². The molecule has 4 aromatic rings. The van der Waals surface area contributed by atoms with Crippen molar-refractivity contribution in [2.45, 2.75) is 26.9 Å². The molecule has 0 saturated heterocycles. The second-order valence-corrected chi connectivity index (χ2v) is 8.53. The molecule has 0 unspecified atom stereocenters. The third-order valence-electron chi connectivity index (χ3n) is 5.75. The molecule has 1 aliphatic rings. The van der Waals surface area contributed by atoms with Gasteiger partial charge in [0.1, 0.15) is 0 Å². The van der Waals surface area contributed by atoms with E-state index in [0.29, 0.717) is 28.7 Å². The van der Waals surface area contributed by atoms with E-state index in [4.69, 9.17) is 16.6 Å². The number of nitrogens with zero attached hydrogens (tertiary/aromatic N) is 5. The van der Waals surface area contributed by atoms with E-state index in [0.717, 1.165) is 17.8 Å². The van der Waals surface area contributed by atoms with Crippen LogP contribution in [0.25, 0.3) is 11.2 Å². The summed E-state index contributed by atoms with van der Waals surface area (Å²) < 4.78 is 4.62. The number of benzene rings is 2. The van der Waals surface area contributed by atoms with Crippen LogP contribution < -0.4 is 16.1 Å². The maximum Gasteiger partial charge on any atom is 0.332 e. The Bertz CT molecular complexity index is 1440. The summed E-state index contributed by atoms with van der Waals surface area (Å²) in [5.74, 6) is 0.688. The van der Waals surface area contributed by atoms with Crippen molar-refractivity contribution in [3.05, 3.63) is 85.0 Å². The van der Waals surface area contributed by atoms with Gasteiger partial charge in [0.25, 0.3) is 5.56 Å². The number of fused-ring (bicyclic) bond motifs is 3. The Hall–Kier alpha value is -3.32. The van der Waals surface area contributed by atoms with Crippen molar-refractivity contribution in [3.63, 3.8) is 0 Å². The lowest BCUT2D eigenvalue weighted by atomic mass is 10.1. The molecule has 3 heterocycles. The summed E-state index contributed by atoms with van der Waals surface area (Å²) in [5, 5.41) is 0.567. The second kappa shape index (κ2) is 7.13. The topological polar surface area (TPSA) is 65.1 Å². The van der Waals surface area contributed by atoms with Crippen LogP contribution in [0.3, 0.4) is 0 Å². The van der Waals surface area contributed by atoms with Gasteiger partial charge < -0.3 is 9.47 Å². The van der Waals surface area contributed by atoms with E-state index in [-0.39, 0.29) is 12.1 Å². The quantitative estimate of drug-likeness (QED) is 0.495. The molecule has 158 valence electrons. The molecule has 0 bridgehead atoms. The van der Waals surface area contributed by atoms with Crippen molar-refractivity contribution in [2.75, 3.05) is 11.4 Å². The zero-order valence-electron chi connectivity index (χ0n) is 17.6. The lowest BCUT2D eigenvalue weighted by molar-refractivity contribution is 0.652. The van der Waals surface area contributed by atoms with Gasteiger partial charge in [-0.05, 0) is 54.8 Å². The van der Waals surface area contributed by atoms with Gasteiger partial charge in [0, 0.05) is 30.8 Å². The van der Waals surface area contributed by atoms with Crippen LogP contribution in [0.5, 0.6) is 0 Å². The van der Waals surface area contributed by atoms with E-state index in [9.17, 15) is 9.59 Å². The highest BCUT2D eigenvalue weighted by atomic mass is 35.5. The fraction of sp³-hybridized carbons (Fsp3) is 0.261. The highest BCUT2D eigenvalue weighted by Gasteiger charge is 2.29. The van der Waals surface area contributed by atoms with Crippen LogP contribution in [-0.2, 0) is 20.1 Å². The van der Waals surface area contributed by atoms with Crippen LogP contribution in [-0.4, -0.2) is 25.2 Å². The molecule has 0 saturated carbocycles. The molecule has 2 aromatic heterocycles. The van der Waals surface area contributed by atoms with Crippen LogP contribution >= 0.6 is 11.6 Å². The van der Waals surface area contributed by atoms with Gasteiger partial charge in [0.15, 0.2) is 11.2 Å². The van der Waals surface area contributed by atoms with Crippen LogP contribution in [0.15, 0.2) is 52.1 Å². The van der Waals surface area contributed by atoms with Crippen molar-refractivity contribution in [1.29, 1.82) is 0 Å². The van der Waals surface area contributed by atoms with E-state index >= 15 is 0 Å². The standard InChI is InChI=1S/C23H22ClN5O2/c1-14-9-15(2)11-18(10-14)27-7-8-28-19-20(25-22(27)28)26(3)23(31)29(21(19)30)13-16-5-4-6-17(24)12-16/h4-6,9-12H,7-8,13H2,1-3H3. The van der Waals surface area contributed by atoms with Gasteiger partial charge in [0.05, 0.1) is 6.54 Å². The zero-order valence-corrected chi connectivity index (χ0v) is 18.3. The Morgan fingerprint density at radius 3 is 2.48 bits per heavy atom. The summed E-state index contributed by atoms with van der Waals surface area (Å²) in [6.45, 7) is 5.63.